The van der Waals surface area contributed by atoms with Crippen LogP contribution in [-0.4, -0.2) is 0 Å². The fourth-order valence-electron chi connectivity index (χ4n) is 2.37. The molecular weight excluding hydrogens is 298 g/mol. The number of ether oxygens (including phenoxy) is 1. The molecule has 4 heteroatoms. The molecule has 0 aliphatic carbocycles. The summed E-state index contributed by atoms with van der Waals surface area (Å²) in [5, 5.41) is 18.4. The molecule has 0 saturated carbocycles. The lowest BCUT2D eigenvalue weighted by atomic mass is 9.97. The van der Waals surface area contributed by atoms with Gasteiger partial charge in [-0.05, 0) is 35.9 Å². The van der Waals surface area contributed by atoms with Gasteiger partial charge < -0.3 is 10.5 Å². The van der Waals surface area contributed by atoms with Crippen LogP contribution in [0.5, 0.6) is 5.75 Å². The van der Waals surface area contributed by atoms with E-state index in [-0.39, 0.29) is 5.57 Å². The number of allylic oxidation sites excluding steroid dienone is 4. The number of nitrogen functional groups attached to an aromatic ring is 1. The average molecular weight is 311 g/mol. The van der Waals surface area contributed by atoms with Crippen LogP contribution in [-0.2, 0) is 0 Å². The highest BCUT2D eigenvalue weighted by Gasteiger charge is 2.18. The zero-order chi connectivity index (χ0) is 16.9. The number of nitrogens with zero attached hydrogens (tertiary/aromatic N) is 2. The Labute approximate surface area is 140 Å². The van der Waals surface area contributed by atoms with Crippen molar-refractivity contribution in [1.82, 2.24) is 0 Å². The molecule has 0 atom stereocenters. The van der Waals surface area contributed by atoms with Gasteiger partial charge in [-0.3, -0.25) is 0 Å². The number of fused-ring (bicyclic) bond motifs is 1. The lowest BCUT2D eigenvalue weighted by molar-refractivity contribution is 0.439. The van der Waals surface area contributed by atoms with E-state index in [9.17, 15) is 10.5 Å². The highest BCUT2D eigenvalue weighted by Crippen LogP contribution is 2.35. The van der Waals surface area contributed by atoms with E-state index in [4.69, 9.17) is 10.5 Å². The number of hydrogen-bond donors (Lipinski definition) is 1. The standard InChI is InChI=1S/C20H13N3O/c21-12-15(13-22)19-11-17(24-20-4-2-1-3-18(19)20)10-7-14-5-8-16(23)9-6-14/h1-11H,23H2/b10-7+. The summed E-state index contributed by atoms with van der Waals surface area (Å²) in [7, 11) is 0. The minimum atomic E-state index is 0.0594. The molecule has 0 saturated heterocycles. The molecule has 4 nitrogen and oxygen atoms in total. The fourth-order valence-corrected chi connectivity index (χ4v) is 2.37. The van der Waals surface area contributed by atoms with Crippen molar-refractivity contribution in [3.8, 4) is 17.9 Å². The topological polar surface area (TPSA) is 82.8 Å². The smallest absolute Gasteiger partial charge is 0.137 e. The first-order chi connectivity index (χ1) is 11.7. The highest BCUT2D eigenvalue weighted by molar-refractivity contribution is 5.87. The van der Waals surface area contributed by atoms with E-state index in [0.29, 0.717) is 22.8 Å². The molecule has 1 aliphatic heterocycles. The van der Waals surface area contributed by atoms with Crippen molar-refractivity contribution >= 4 is 17.3 Å². The Morgan fingerprint density at radius 3 is 2.38 bits per heavy atom. The van der Waals surface area contributed by atoms with Gasteiger partial charge in [0.2, 0.25) is 0 Å². The maximum Gasteiger partial charge on any atom is 0.137 e. The van der Waals surface area contributed by atoms with Gasteiger partial charge in [0.05, 0.1) is 0 Å². The van der Waals surface area contributed by atoms with Gasteiger partial charge in [0.1, 0.15) is 29.2 Å². The zero-order valence-corrected chi connectivity index (χ0v) is 12.7. The second-order valence-corrected chi connectivity index (χ2v) is 5.16. The number of rotatable bonds is 2. The van der Waals surface area contributed by atoms with Crippen LogP contribution in [0, 0.1) is 22.7 Å². The Balaban J connectivity index is 2.01. The second-order valence-electron chi connectivity index (χ2n) is 5.16. The minimum absolute atomic E-state index is 0.0594. The molecule has 0 bridgehead atoms. The van der Waals surface area contributed by atoms with Crippen LogP contribution in [0.3, 0.4) is 0 Å². The Hall–Kier alpha value is -3.76. The van der Waals surface area contributed by atoms with Crippen LogP contribution in [0.2, 0.25) is 0 Å². The van der Waals surface area contributed by atoms with E-state index in [0.717, 1.165) is 11.1 Å². The van der Waals surface area contributed by atoms with Crippen molar-refractivity contribution in [3.63, 3.8) is 0 Å². The zero-order valence-electron chi connectivity index (χ0n) is 12.7. The van der Waals surface area contributed by atoms with E-state index in [1.54, 1.807) is 12.2 Å². The third-order valence-corrected chi connectivity index (χ3v) is 3.56. The Morgan fingerprint density at radius 2 is 1.67 bits per heavy atom. The van der Waals surface area contributed by atoms with E-state index in [1.807, 2.05) is 66.7 Å². The summed E-state index contributed by atoms with van der Waals surface area (Å²) in [6.07, 6.45) is 5.39. The van der Waals surface area contributed by atoms with Crippen LogP contribution in [0.4, 0.5) is 5.69 Å². The molecule has 0 amide bonds. The van der Waals surface area contributed by atoms with Gasteiger partial charge in [-0.1, -0.05) is 36.4 Å². The molecule has 0 unspecified atom stereocenters. The maximum absolute atomic E-state index is 9.19. The number of hydrogen-bond acceptors (Lipinski definition) is 4. The van der Waals surface area contributed by atoms with Gasteiger partial charge in [0.15, 0.2) is 0 Å². The van der Waals surface area contributed by atoms with Crippen LogP contribution in [0.15, 0.2) is 72.0 Å². The summed E-state index contributed by atoms with van der Waals surface area (Å²) >= 11 is 0. The minimum Gasteiger partial charge on any atom is -0.457 e. The van der Waals surface area contributed by atoms with Gasteiger partial charge in [-0.25, -0.2) is 0 Å². The number of nitrogens with two attached hydrogens (primary N) is 1. The van der Waals surface area contributed by atoms with Gasteiger partial charge in [0.25, 0.3) is 0 Å². The third-order valence-electron chi connectivity index (χ3n) is 3.56. The SMILES string of the molecule is N#CC(C#N)=C1C=C(/C=C/c2ccc(N)cc2)Oc2ccccc21. The molecule has 2 N–H and O–H groups in total. The summed E-state index contributed by atoms with van der Waals surface area (Å²) in [4.78, 5) is 0. The molecular formula is C20H13N3O. The molecule has 1 aliphatic rings. The third kappa shape index (κ3) is 3.04. The predicted octanol–water partition coefficient (Wildman–Crippen LogP) is 4.06. The number of anilines is 1. The molecule has 0 radical (unpaired) electrons. The van der Waals surface area contributed by atoms with Crippen LogP contribution < -0.4 is 10.5 Å². The van der Waals surface area contributed by atoms with Crippen molar-refractivity contribution in [2.24, 2.45) is 0 Å². The Morgan fingerprint density at radius 1 is 0.958 bits per heavy atom. The Bertz CT molecular complexity index is 936. The van der Waals surface area contributed by atoms with E-state index >= 15 is 0 Å². The van der Waals surface area contributed by atoms with Gasteiger partial charge >= 0.3 is 0 Å². The van der Waals surface area contributed by atoms with Gasteiger partial charge in [-0.2, -0.15) is 10.5 Å². The largest absolute Gasteiger partial charge is 0.457 e. The number of para-hydroxylation sites is 1. The second kappa shape index (κ2) is 6.56. The van der Waals surface area contributed by atoms with Crippen molar-refractivity contribution in [3.05, 3.63) is 83.1 Å². The summed E-state index contributed by atoms with van der Waals surface area (Å²) in [6, 6.07) is 18.7. The summed E-state index contributed by atoms with van der Waals surface area (Å²) in [5.41, 5.74) is 8.71. The molecule has 2 aromatic rings. The molecule has 1 heterocycles. The quantitative estimate of drug-likeness (QED) is 0.669. The van der Waals surface area contributed by atoms with E-state index in [1.165, 1.54) is 0 Å². The van der Waals surface area contributed by atoms with Crippen molar-refractivity contribution in [2.75, 3.05) is 5.73 Å². The first-order valence-electron chi connectivity index (χ1n) is 7.28. The maximum atomic E-state index is 9.19. The predicted molar refractivity (Wildman–Crippen MR) is 93.2 cm³/mol. The summed E-state index contributed by atoms with van der Waals surface area (Å²) in [6.45, 7) is 0. The van der Waals surface area contributed by atoms with Crippen LogP contribution in [0.25, 0.3) is 11.6 Å². The van der Waals surface area contributed by atoms with Crippen molar-refractivity contribution < 1.29 is 4.74 Å². The Kier molecular flexibility index (Phi) is 4.14. The summed E-state index contributed by atoms with van der Waals surface area (Å²) in [5.74, 6) is 1.18. The van der Waals surface area contributed by atoms with E-state index in [2.05, 4.69) is 0 Å². The first-order valence-corrected chi connectivity index (χ1v) is 7.28. The van der Waals surface area contributed by atoms with Crippen LogP contribution in [0.1, 0.15) is 11.1 Å². The van der Waals surface area contributed by atoms with Gasteiger partial charge in [0, 0.05) is 16.8 Å². The van der Waals surface area contributed by atoms with Gasteiger partial charge in [-0.15, -0.1) is 0 Å². The normalized spacial score (nSPS) is 12.6. The molecule has 2 aromatic carbocycles. The van der Waals surface area contributed by atoms with E-state index < -0.39 is 0 Å². The highest BCUT2D eigenvalue weighted by atomic mass is 16.5. The number of nitriles is 2. The molecule has 24 heavy (non-hydrogen) atoms. The lowest BCUT2D eigenvalue weighted by Gasteiger charge is -2.18. The fraction of sp³-hybridized carbons (Fsp3) is 0. The average Bonchev–Trinajstić information content (AvgIpc) is 2.62. The van der Waals surface area contributed by atoms with Crippen molar-refractivity contribution in [2.45, 2.75) is 0 Å². The molecule has 114 valence electrons. The van der Waals surface area contributed by atoms with Crippen LogP contribution >= 0.6 is 0 Å². The summed E-state index contributed by atoms with van der Waals surface area (Å²) < 4.78 is 5.84. The molecule has 0 fully saturated rings. The molecule has 0 spiro atoms. The first kappa shape index (κ1) is 15.1. The lowest BCUT2D eigenvalue weighted by Crippen LogP contribution is -2.03. The number of benzene rings is 2. The monoisotopic (exact) mass is 311 g/mol. The molecule has 3 rings (SSSR count). The molecule has 0 aromatic heterocycles. The van der Waals surface area contributed by atoms with Crippen molar-refractivity contribution in [1.29, 1.82) is 10.5 Å².